The summed E-state index contributed by atoms with van der Waals surface area (Å²) in [5, 5.41) is 2.47. The number of aromatic nitrogens is 3. The van der Waals surface area contributed by atoms with E-state index in [-0.39, 0.29) is 11.9 Å². The molecular weight excluding hydrogens is 424 g/mol. The number of hydrogen-bond acceptors (Lipinski definition) is 5. The van der Waals surface area contributed by atoms with Gasteiger partial charge < -0.3 is 4.90 Å². The number of thiazole rings is 1. The minimum Gasteiger partial charge on any atom is -0.304 e. The van der Waals surface area contributed by atoms with Gasteiger partial charge in [0.25, 0.3) is 5.91 Å². The van der Waals surface area contributed by atoms with E-state index in [9.17, 15) is 4.79 Å². The lowest BCUT2D eigenvalue weighted by Gasteiger charge is -2.34. The molecule has 1 amide bonds. The predicted octanol–water partition coefficient (Wildman–Crippen LogP) is 5.34. The highest BCUT2D eigenvalue weighted by atomic mass is 79.9. The van der Waals surface area contributed by atoms with Crippen molar-refractivity contribution in [2.45, 2.75) is 38.1 Å². The smallest absolute Gasteiger partial charge is 0.278 e. The summed E-state index contributed by atoms with van der Waals surface area (Å²) < 4.78 is 0.963. The van der Waals surface area contributed by atoms with Gasteiger partial charge in [0.15, 0.2) is 10.8 Å². The third kappa shape index (κ3) is 4.09. The maximum atomic E-state index is 13.4. The van der Waals surface area contributed by atoms with E-state index in [0.29, 0.717) is 16.5 Å². The summed E-state index contributed by atoms with van der Waals surface area (Å²) >= 11 is 4.93. The Kier molecular flexibility index (Phi) is 5.59. The summed E-state index contributed by atoms with van der Waals surface area (Å²) in [5.41, 5.74) is 1.36. The molecule has 27 heavy (non-hydrogen) atoms. The van der Waals surface area contributed by atoms with Crippen molar-refractivity contribution in [2.75, 3.05) is 4.90 Å². The largest absolute Gasteiger partial charge is 0.304 e. The Morgan fingerprint density at radius 1 is 1.11 bits per heavy atom. The van der Waals surface area contributed by atoms with Gasteiger partial charge in [0.2, 0.25) is 0 Å². The van der Waals surface area contributed by atoms with Crippen LogP contribution in [-0.2, 0) is 0 Å². The molecule has 2 heterocycles. The Morgan fingerprint density at radius 3 is 2.63 bits per heavy atom. The number of rotatable bonds is 4. The molecule has 0 radical (unpaired) electrons. The highest BCUT2D eigenvalue weighted by Gasteiger charge is 2.29. The first-order chi connectivity index (χ1) is 13.2. The van der Waals surface area contributed by atoms with Gasteiger partial charge in [0.05, 0.1) is 0 Å². The van der Waals surface area contributed by atoms with E-state index >= 15 is 0 Å². The average molecular weight is 443 g/mol. The number of benzene rings is 1. The van der Waals surface area contributed by atoms with Crippen LogP contribution in [0.25, 0.3) is 10.8 Å². The number of amides is 1. The third-order valence-electron chi connectivity index (χ3n) is 4.73. The summed E-state index contributed by atoms with van der Waals surface area (Å²) in [7, 11) is 0. The van der Waals surface area contributed by atoms with E-state index in [4.69, 9.17) is 0 Å². The van der Waals surface area contributed by atoms with Crippen molar-refractivity contribution in [3.63, 3.8) is 0 Å². The van der Waals surface area contributed by atoms with Gasteiger partial charge in [0.1, 0.15) is 5.69 Å². The summed E-state index contributed by atoms with van der Waals surface area (Å²) in [6.07, 6.45) is 8.96. The number of anilines is 1. The molecule has 5 nitrogen and oxygen atoms in total. The number of halogens is 1. The lowest BCUT2D eigenvalue weighted by Crippen LogP contribution is -2.41. The van der Waals surface area contributed by atoms with Crippen LogP contribution in [0.4, 0.5) is 5.69 Å². The molecule has 1 saturated carbocycles. The maximum absolute atomic E-state index is 13.4. The van der Waals surface area contributed by atoms with Crippen LogP contribution in [0.1, 0.15) is 42.6 Å². The number of hydrogen-bond donors (Lipinski definition) is 0. The standard InChI is InChI=1S/C20H19BrN4OS/c21-14-6-4-9-16(12-14)25(15-7-2-1-3-8-15)20(26)17-13-27-19(24-17)18-22-10-5-11-23-18/h4-6,9-13,15H,1-3,7-8H2. The van der Waals surface area contributed by atoms with Gasteiger partial charge >= 0.3 is 0 Å². The highest BCUT2D eigenvalue weighted by Crippen LogP contribution is 2.31. The molecule has 0 bridgehead atoms. The molecule has 0 saturated heterocycles. The second kappa shape index (κ2) is 8.27. The Bertz CT molecular complexity index is 924. The van der Waals surface area contributed by atoms with Gasteiger partial charge in [0, 0.05) is 34.0 Å². The molecule has 2 aromatic heterocycles. The minimum atomic E-state index is -0.0570. The van der Waals surface area contributed by atoms with Crippen LogP contribution in [0.5, 0.6) is 0 Å². The molecule has 1 fully saturated rings. The van der Waals surface area contributed by atoms with Crippen molar-refractivity contribution >= 4 is 38.9 Å². The van der Waals surface area contributed by atoms with Crippen LogP contribution < -0.4 is 4.90 Å². The third-order valence-corrected chi connectivity index (χ3v) is 6.06. The van der Waals surface area contributed by atoms with E-state index < -0.39 is 0 Å². The van der Waals surface area contributed by atoms with Crippen molar-refractivity contribution in [1.82, 2.24) is 15.0 Å². The second-order valence-electron chi connectivity index (χ2n) is 6.56. The van der Waals surface area contributed by atoms with Gasteiger partial charge in [-0.15, -0.1) is 11.3 Å². The number of carbonyl (C=O) groups is 1. The molecule has 0 aliphatic heterocycles. The van der Waals surface area contributed by atoms with E-state index in [2.05, 4.69) is 30.9 Å². The topological polar surface area (TPSA) is 59.0 Å². The van der Waals surface area contributed by atoms with Crippen LogP contribution in [0.2, 0.25) is 0 Å². The Hall–Kier alpha value is -2.12. The molecule has 0 spiro atoms. The zero-order valence-corrected chi connectivity index (χ0v) is 17.1. The zero-order chi connectivity index (χ0) is 18.6. The van der Waals surface area contributed by atoms with Crippen LogP contribution >= 0.6 is 27.3 Å². The van der Waals surface area contributed by atoms with Crippen molar-refractivity contribution in [2.24, 2.45) is 0 Å². The first-order valence-corrected chi connectivity index (χ1v) is 10.7. The molecule has 3 aromatic rings. The molecule has 1 aliphatic rings. The number of nitrogens with zero attached hydrogens (tertiary/aromatic N) is 4. The van der Waals surface area contributed by atoms with Crippen LogP contribution in [-0.4, -0.2) is 26.9 Å². The molecular formula is C20H19BrN4OS. The van der Waals surface area contributed by atoms with E-state index in [0.717, 1.165) is 35.8 Å². The normalized spacial score (nSPS) is 14.9. The zero-order valence-electron chi connectivity index (χ0n) is 14.7. The van der Waals surface area contributed by atoms with Crippen LogP contribution in [0, 0.1) is 0 Å². The average Bonchev–Trinajstić information content (AvgIpc) is 3.20. The summed E-state index contributed by atoms with van der Waals surface area (Å²) in [6, 6.07) is 9.90. The SMILES string of the molecule is O=C(c1csc(-c2ncccn2)n1)N(c1cccc(Br)c1)C1CCCCC1. The van der Waals surface area contributed by atoms with Crippen LogP contribution in [0.3, 0.4) is 0 Å². The van der Waals surface area contributed by atoms with Crippen molar-refractivity contribution < 1.29 is 4.79 Å². The Morgan fingerprint density at radius 2 is 1.89 bits per heavy atom. The van der Waals surface area contributed by atoms with Gasteiger partial charge in [-0.2, -0.15) is 0 Å². The Balaban J connectivity index is 1.67. The molecule has 7 heteroatoms. The van der Waals surface area contributed by atoms with Crippen LogP contribution in [0.15, 0.2) is 52.6 Å². The Labute approximate surface area is 170 Å². The van der Waals surface area contributed by atoms with Gasteiger partial charge in [-0.1, -0.05) is 41.3 Å². The summed E-state index contributed by atoms with van der Waals surface area (Å²) in [5.74, 6) is 0.492. The molecule has 4 rings (SSSR count). The molecule has 1 aliphatic carbocycles. The molecule has 0 unspecified atom stereocenters. The fourth-order valence-corrected chi connectivity index (χ4v) is 4.59. The first-order valence-electron chi connectivity index (χ1n) is 9.04. The number of carbonyl (C=O) groups excluding carboxylic acids is 1. The van der Waals surface area contributed by atoms with Gasteiger partial charge in [-0.25, -0.2) is 15.0 Å². The van der Waals surface area contributed by atoms with E-state index in [1.54, 1.807) is 18.5 Å². The molecule has 0 N–H and O–H groups in total. The molecule has 138 valence electrons. The maximum Gasteiger partial charge on any atom is 0.278 e. The van der Waals surface area contributed by atoms with Gasteiger partial charge in [-0.3, -0.25) is 4.79 Å². The van der Waals surface area contributed by atoms with E-state index in [1.165, 1.54) is 17.8 Å². The predicted molar refractivity (Wildman–Crippen MR) is 111 cm³/mol. The summed E-state index contributed by atoms with van der Waals surface area (Å²) in [4.78, 5) is 28.3. The summed E-state index contributed by atoms with van der Waals surface area (Å²) in [6.45, 7) is 0. The second-order valence-corrected chi connectivity index (χ2v) is 8.33. The fourth-order valence-electron chi connectivity index (χ4n) is 3.47. The van der Waals surface area contributed by atoms with Crippen molar-refractivity contribution in [1.29, 1.82) is 0 Å². The molecule has 1 aromatic carbocycles. The first kappa shape index (κ1) is 18.3. The lowest BCUT2D eigenvalue weighted by molar-refractivity contribution is 0.0966. The van der Waals surface area contributed by atoms with Crippen molar-refractivity contribution in [3.8, 4) is 10.8 Å². The fraction of sp³-hybridized carbons (Fsp3) is 0.300. The monoisotopic (exact) mass is 442 g/mol. The molecule has 0 atom stereocenters. The quantitative estimate of drug-likeness (QED) is 0.546. The van der Waals surface area contributed by atoms with Crippen molar-refractivity contribution in [3.05, 3.63) is 58.3 Å². The van der Waals surface area contributed by atoms with Gasteiger partial charge in [-0.05, 0) is 37.1 Å². The highest BCUT2D eigenvalue weighted by molar-refractivity contribution is 9.10. The lowest BCUT2D eigenvalue weighted by atomic mass is 9.93. The van der Waals surface area contributed by atoms with E-state index in [1.807, 2.05) is 34.5 Å². The minimum absolute atomic E-state index is 0.0570.